The lowest BCUT2D eigenvalue weighted by molar-refractivity contribution is -0.384. The molecular weight excluding hydrogens is 430 g/mol. The van der Waals surface area contributed by atoms with Crippen LogP contribution in [0.3, 0.4) is 0 Å². The van der Waals surface area contributed by atoms with Gasteiger partial charge in [0.1, 0.15) is 0 Å². The molecule has 0 aliphatic carbocycles. The van der Waals surface area contributed by atoms with Crippen molar-refractivity contribution in [2.24, 2.45) is 0 Å². The fourth-order valence-electron chi connectivity index (χ4n) is 3.41. The molecule has 33 heavy (non-hydrogen) atoms. The molecule has 1 heterocycles. The molecule has 0 saturated carbocycles. The zero-order chi connectivity index (χ0) is 23.7. The smallest absolute Gasteiger partial charge is 0.335 e. The van der Waals surface area contributed by atoms with Crippen molar-refractivity contribution in [3.05, 3.63) is 105 Å². The summed E-state index contributed by atoms with van der Waals surface area (Å²) >= 11 is 0. The van der Waals surface area contributed by atoms with Gasteiger partial charge in [-0.15, -0.1) is 0 Å². The van der Waals surface area contributed by atoms with Gasteiger partial charge in [0.2, 0.25) is 0 Å². The van der Waals surface area contributed by atoms with E-state index in [1.54, 1.807) is 12.1 Å². The van der Waals surface area contributed by atoms with Gasteiger partial charge in [-0.05, 0) is 42.0 Å². The maximum absolute atomic E-state index is 12.9. The normalized spacial score (nSPS) is 12.4. The fraction of sp³-hybridized carbons (Fsp3) is 0.0435. The lowest BCUT2D eigenvalue weighted by Gasteiger charge is -2.13. The van der Waals surface area contributed by atoms with Gasteiger partial charge in [0, 0.05) is 24.2 Å². The maximum Gasteiger partial charge on any atom is 0.335 e. The average molecular weight is 445 g/mol. The van der Waals surface area contributed by atoms with Gasteiger partial charge in [0.25, 0.3) is 23.4 Å². The molecule has 0 spiro atoms. The molecule has 164 valence electrons. The Balaban J connectivity index is 1.52. The molecule has 3 aromatic rings. The number of aromatic carboxylic acids is 1. The van der Waals surface area contributed by atoms with E-state index >= 15 is 0 Å². The highest BCUT2D eigenvalue weighted by Crippen LogP contribution is 2.31. The number of imide groups is 1. The molecule has 10 heteroatoms. The van der Waals surface area contributed by atoms with Crippen LogP contribution < -0.4 is 10.2 Å². The first-order valence-corrected chi connectivity index (χ1v) is 9.64. The lowest BCUT2D eigenvalue weighted by Crippen LogP contribution is -2.29. The average Bonchev–Trinajstić information content (AvgIpc) is 3.07. The van der Waals surface area contributed by atoms with Crippen molar-refractivity contribution in [3.63, 3.8) is 0 Å². The molecule has 3 aromatic carbocycles. The summed E-state index contributed by atoms with van der Waals surface area (Å²) in [6.07, 6.45) is 0. The van der Waals surface area contributed by atoms with E-state index in [-0.39, 0.29) is 40.2 Å². The fourth-order valence-corrected chi connectivity index (χ4v) is 3.41. The van der Waals surface area contributed by atoms with Gasteiger partial charge in [0.15, 0.2) is 0 Å². The molecule has 0 atom stereocenters. The second-order valence-electron chi connectivity index (χ2n) is 7.17. The number of nitro groups is 1. The van der Waals surface area contributed by atoms with Crippen molar-refractivity contribution in [3.8, 4) is 0 Å². The Morgan fingerprint density at radius 1 is 0.909 bits per heavy atom. The quantitative estimate of drug-likeness (QED) is 0.337. The monoisotopic (exact) mass is 445 g/mol. The summed E-state index contributed by atoms with van der Waals surface area (Å²) in [7, 11) is 0. The Hall–Kier alpha value is -4.86. The number of nitrogens with one attached hydrogen (secondary N) is 1. The number of hydrogen-bond acceptors (Lipinski definition) is 6. The van der Waals surface area contributed by atoms with Crippen LogP contribution in [0, 0.1) is 10.1 Å². The van der Waals surface area contributed by atoms with Crippen LogP contribution in [0.25, 0.3) is 0 Å². The number of carboxylic acid groups (broad SMARTS) is 1. The van der Waals surface area contributed by atoms with Gasteiger partial charge in [-0.2, -0.15) is 0 Å². The number of rotatable bonds is 6. The molecule has 3 amide bonds. The van der Waals surface area contributed by atoms with Crippen LogP contribution in [-0.2, 0) is 6.54 Å². The minimum atomic E-state index is -1.05. The summed E-state index contributed by atoms with van der Waals surface area (Å²) in [4.78, 5) is 60.3. The minimum absolute atomic E-state index is 0.0185. The van der Waals surface area contributed by atoms with Gasteiger partial charge in [-0.3, -0.25) is 24.5 Å². The van der Waals surface area contributed by atoms with Crippen molar-refractivity contribution in [1.82, 2.24) is 5.32 Å². The number of anilines is 1. The highest BCUT2D eigenvalue weighted by molar-refractivity contribution is 6.34. The topological polar surface area (TPSA) is 147 Å². The molecule has 0 saturated heterocycles. The SMILES string of the molecule is O=C(O)c1ccc(CNC(=O)c2ccc3c(c2)C(=O)N(c2cccc([N+](=O)[O-])c2)C3=O)cc1. The largest absolute Gasteiger partial charge is 0.478 e. The summed E-state index contributed by atoms with van der Waals surface area (Å²) in [6, 6.07) is 15.2. The van der Waals surface area contributed by atoms with Gasteiger partial charge in [0.05, 0.1) is 27.3 Å². The number of carboxylic acids is 1. The van der Waals surface area contributed by atoms with Crippen LogP contribution in [0.5, 0.6) is 0 Å². The third kappa shape index (κ3) is 4.04. The van der Waals surface area contributed by atoms with E-state index in [2.05, 4.69) is 5.32 Å². The maximum atomic E-state index is 12.9. The summed E-state index contributed by atoms with van der Waals surface area (Å²) in [5.74, 6) is -2.87. The summed E-state index contributed by atoms with van der Waals surface area (Å²) < 4.78 is 0. The highest BCUT2D eigenvalue weighted by atomic mass is 16.6. The van der Waals surface area contributed by atoms with Gasteiger partial charge < -0.3 is 10.4 Å². The lowest BCUT2D eigenvalue weighted by atomic mass is 10.1. The molecule has 2 N–H and O–H groups in total. The third-order valence-electron chi connectivity index (χ3n) is 5.10. The van der Waals surface area contributed by atoms with Crippen LogP contribution >= 0.6 is 0 Å². The van der Waals surface area contributed by atoms with E-state index in [1.165, 1.54) is 48.5 Å². The van der Waals surface area contributed by atoms with Crippen molar-refractivity contribution >= 4 is 35.1 Å². The number of carbonyl (C=O) groups excluding carboxylic acids is 3. The van der Waals surface area contributed by atoms with E-state index < -0.39 is 28.6 Å². The molecular formula is C23H15N3O7. The van der Waals surface area contributed by atoms with Crippen LogP contribution in [0.2, 0.25) is 0 Å². The first-order chi connectivity index (χ1) is 15.8. The zero-order valence-electron chi connectivity index (χ0n) is 16.8. The Morgan fingerprint density at radius 3 is 2.24 bits per heavy atom. The number of nitrogens with zero attached hydrogens (tertiary/aromatic N) is 2. The molecule has 0 radical (unpaired) electrons. The minimum Gasteiger partial charge on any atom is -0.478 e. The second-order valence-corrected chi connectivity index (χ2v) is 7.17. The molecule has 0 fully saturated rings. The number of hydrogen-bond donors (Lipinski definition) is 2. The van der Waals surface area contributed by atoms with Crippen LogP contribution in [0.15, 0.2) is 66.7 Å². The highest BCUT2D eigenvalue weighted by Gasteiger charge is 2.37. The predicted octanol–water partition coefficient (Wildman–Crippen LogP) is 3.02. The number of nitro benzene ring substituents is 1. The number of benzene rings is 3. The van der Waals surface area contributed by atoms with Crippen LogP contribution in [-0.4, -0.2) is 33.7 Å². The van der Waals surface area contributed by atoms with E-state index in [9.17, 15) is 29.3 Å². The Labute approximate surface area is 186 Å². The van der Waals surface area contributed by atoms with E-state index in [1.807, 2.05) is 0 Å². The van der Waals surface area contributed by atoms with Crippen LogP contribution in [0.4, 0.5) is 11.4 Å². The van der Waals surface area contributed by atoms with Crippen molar-refractivity contribution < 1.29 is 29.2 Å². The molecule has 1 aliphatic rings. The van der Waals surface area contributed by atoms with Gasteiger partial charge in [-0.1, -0.05) is 18.2 Å². The molecule has 1 aliphatic heterocycles. The standard InChI is InChI=1S/C23H15N3O7/c27-20(24-12-13-4-6-14(7-5-13)23(30)31)15-8-9-18-19(10-15)22(29)25(21(18)28)16-2-1-3-17(11-16)26(32)33/h1-11H,12H2,(H,24,27)(H,30,31). The van der Waals surface area contributed by atoms with E-state index in [4.69, 9.17) is 5.11 Å². The molecule has 0 aromatic heterocycles. The number of amides is 3. The van der Waals surface area contributed by atoms with E-state index in [0.717, 1.165) is 11.0 Å². The zero-order valence-corrected chi connectivity index (χ0v) is 16.8. The summed E-state index contributed by atoms with van der Waals surface area (Å²) in [5, 5.41) is 22.6. The molecule has 0 bridgehead atoms. The summed E-state index contributed by atoms with van der Waals surface area (Å²) in [6.45, 7) is 0.127. The number of fused-ring (bicyclic) bond motifs is 1. The Kier molecular flexibility index (Phi) is 5.41. The van der Waals surface area contributed by atoms with Crippen molar-refractivity contribution in [1.29, 1.82) is 0 Å². The van der Waals surface area contributed by atoms with Crippen LogP contribution in [0.1, 0.15) is 47.0 Å². The first-order valence-electron chi connectivity index (χ1n) is 9.64. The number of carbonyl (C=O) groups is 4. The van der Waals surface area contributed by atoms with Crippen molar-refractivity contribution in [2.45, 2.75) is 6.54 Å². The first kappa shape index (κ1) is 21.4. The molecule has 10 nitrogen and oxygen atoms in total. The number of non-ortho nitro benzene ring substituents is 1. The van der Waals surface area contributed by atoms with Gasteiger partial charge in [-0.25, -0.2) is 9.69 Å². The Morgan fingerprint density at radius 2 is 1.58 bits per heavy atom. The molecule has 4 rings (SSSR count). The van der Waals surface area contributed by atoms with E-state index in [0.29, 0.717) is 5.56 Å². The second kappa shape index (κ2) is 8.35. The predicted molar refractivity (Wildman–Crippen MR) is 115 cm³/mol. The Bertz CT molecular complexity index is 1330. The van der Waals surface area contributed by atoms with Crippen molar-refractivity contribution in [2.75, 3.05) is 4.90 Å². The summed E-state index contributed by atoms with van der Waals surface area (Å²) in [5.41, 5.74) is 0.861. The third-order valence-corrected chi connectivity index (χ3v) is 5.10. The van der Waals surface area contributed by atoms with Gasteiger partial charge >= 0.3 is 5.97 Å². The molecule has 0 unspecified atom stereocenters.